The molecule has 0 bridgehead atoms. The number of fused-ring (bicyclic) bond motifs is 2. The van der Waals surface area contributed by atoms with E-state index in [-0.39, 0.29) is 17.8 Å². The van der Waals surface area contributed by atoms with E-state index in [0.717, 1.165) is 21.9 Å². The highest BCUT2D eigenvalue weighted by Crippen LogP contribution is 2.29. The Hall–Kier alpha value is -4.78. The van der Waals surface area contributed by atoms with Crippen LogP contribution < -0.4 is 5.32 Å². The van der Waals surface area contributed by atoms with E-state index in [0.29, 0.717) is 22.6 Å². The first-order chi connectivity index (χ1) is 16.2. The van der Waals surface area contributed by atoms with E-state index in [9.17, 15) is 4.79 Å². The van der Waals surface area contributed by atoms with E-state index in [1.807, 2.05) is 84.9 Å². The quantitative estimate of drug-likeness (QED) is 0.370. The molecule has 0 atom stereocenters. The van der Waals surface area contributed by atoms with E-state index in [1.54, 1.807) is 6.07 Å². The maximum absolute atomic E-state index is 13.2. The Balaban J connectivity index is 1.34. The molecule has 0 saturated heterocycles. The summed E-state index contributed by atoms with van der Waals surface area (Å²) in [5.74, 6) is 0.251. The summed E-state index contributed by atoms with van der Waals surface area (Å²) >= 11 is 0. The van der Waals surface area contributed by atoms with Crippen molar-refractivity contribution in [1.29, 1.82) is 0 Å². The van der Waals surface area contributed by atoms with Crippen LogP contribution >= 0.6 is 0 Å². The lowest BCUT2D eigenvalue weighted by Crippen LogP contribution is -2.13. The summed E-state index contributed by atoms with van der Waals surface area (Å²) in [5, 5.41) is 12.3. The van der Waals surface area contributed by atoms with Crippen molar-refractivity contribution in [3.63, 3.8) is 0 Å². The van der Waals surface area contributed by atoms with Gasteiger partial charge in [0.2, 0.25) is 0 Å². The lowest BCUT2D eigenvalue weighted by Gasteiger charge is -2.09. The molecule has 6 rings (SSSR count). The van der Waals surface area contributed by atoms with Gasteiger partial charge in [-0.05, 0) is 24.3 Å². The minimum absolute atomic E-state index is 0.0161. The molecule has 1 amide bonds. The van der Waals surface area contributed by atoms with E-state index in [4.69, 9.17) is 13.8 Å². The lowest BCUT2D eigenvalue weighted by molar-refractivity contribution is 0.102. The minimum Gasteiger partial charge on any atom is -0.451 e. The summed E-state index contributed by atoms with van der Waals surface area (Å²) < 4.78 is 11.4. The van der Waals surface area contributed by atoms with Gasteiger partial charge in [0.1, 0.15) is 5.58 Å². The van der Waals surface area contributed by atoms with Gasteiger partial charge in [-0.2, -0.15) is 0 Å². The highest BCUT2D eigenvalue weighted by Gasteiger charge is 2.18. The Morgan fingerprint density at radius 2 is 1.58 bits per heavy atom. The molecule has 158 valence electrons. The molecule has 0 spiro atoms. The Kier molecular flexibility index (Phi) is 4.43. The van der Waals surface area contributed by atoms with Crippen LogP contribution in [0.4, 0.5) is 6.01 Å². The predicted molar refractivity (Wildman–Crippen MR) is 125 cm³/mol. The average Bonchev–Trinajstić information content (AvgIpc) is 3.51. The lowest BCUT2D eigenvalue weighted by atomic mass is 10.0. The van der Waals surface area contributed by atoms with Crippen molar-refractivity contribution in [1.82, 2.24) is 15.2 Å². The van der Waals surface area contributed by atoms with Crippen molar-refractivity contribution in [2.24, 2.45) is 0 Å². The predicted octanol–water partition coefficient (Wildman–Crippen LogP) is 5.95. The fraction of sp³-hybridized carbons (Fsp3) is 0. The van der Waals surface area contributed by atoms with E-state index in [2.05, 4.69) is 15.5 Å². The van der Waals surface area contributed by atoms with Crippen LogP contribution in [0, 0.1) is 0 Å². The second-order valence-corrected chi connectivity index (χ2v) is 7.45. The van der Waals surface area contributed by atoms with Crippen LogP contribution in [-0.2, 0) is 0 Å². The highest BCUT2D eigenvalue weighted by molar-refractivity contribution is 6.12. The number of nitrogens with zero attached hydrogens (tertiary/aromatic N) is 3. The summed E-state index contributed by atoms with van der Waals surface area (Å²) in [7, 11) is 0. The molecular weight excluding hydrogens is 416 g/mol. The van der Waals surface area contributed by atoms with Gasteiger partial charge >= 0.3 is 6.01 Å². The van der Waals surface area contributed by atoms with Crippen molar-refractivity contribution in [3.8, 4) is 22.9 Å². The Labute approximate surface area is 187 Å². The van der Waals surface area contributed by atoms with Gasteiger partial charge in [0, 0.05) is 16.3 Å². The van der Waals surface area contributed by atoms with Gasteiger partial charge in [0.25, 0.3) is 11.8 Å². The van der Waals surface area contributed by atoms with Gasteiger partial charge in [0.05, 0.1) is 16.8 Å². The molecule has 3 aromatic carbocycles. The molecule has 6 aromatic rings. The number of anilines is 1. The third-order valence-corrected chi connectivity index (χ3v) is 5.31. The monoisotopic (exact) mass is 432 g/mol. The number of benzene rings is 3. The first kappa shape index (κ1) is 18.9. The summed E-state index contributed by atoms with van der Waals surface area (Å²) in [6, 6.07) is 28.4. The molecule has 0 saturated carbocycles. The molecule has 3 aromatic heterocycles. The normalized spacial score (nSPS) is 11.2. The SMILES string of the molecule is O=C(Nc1nnc(-c2cc3ccccc3o2)o1)c1cc(-c2ccccc2)nc2ccccc12. The van der Waals surface area contributed by atoms with Crippen molar-refractivity contribution in [3.05, 3.63) is 96.6 Å². The third-order valence-electron chi connectivity index (χ3n) is 5.31. The zero-order valence-corrected chi connectivity index (χ0v) is 17.2. The molecule has 3 heterocycles. The van der Waals surface area contributed by atoms with Crippen LogP contribution in [0.25, 0.3) is 44.8 Å². The van der Waals surface area contributed by atoms with Crippen LogP contribution in [0.5, 0.6) is 0 Å². The van der Waals surface area contributed by atoms with Crippen LogP contribution in [0.2, 0.25) is 0 Å². The number of rotatable bonds is 4. The Bertz CT molecular complexity index is 1590. The zero-order valence-electron chi connectivity index (χ0n) is 17.2. The standard InChI is InChI=1S/C26H16N4O3/c31-24(28-26-30-29-25(33-26)23-14-17-10-4-7-13-22(17)32-23)19-15-21(16-8-2-1-3-9-16)27-20-12-6-5-11-18(19)20/h1-15H,(H,28,30,31). The molecule has 7 heteroatoms. The van der Waals surface area contributed by atoms with Gasteiger partial charge in [-0.3, -0.25) is 10.1 Å². The number of hydrogen-bond acceptors (Lipinski definition) is 6. The maximum atomic E-state index is 13.2. The number of pyridine rings is 1. The zero-order chi connectivity index (χ0) is 22.2. The molecule has 0 aliphatic heterocycles. The molecule has 33 heavy (non-hydrogen) atoms. The number of amides is 1. The smallest absolute Gasteiger partial charge is 0.322 e. The summed E-state index contributed by atoms with van der Waals surface area (Å²) in [6.45, 7) is 0. The molecule has 0 fully saturated rings. The molecule has 0 aliphatic carbocycles. The molecule has 0 unspecified atom stereocenters. The van der Waals surface area contributed by atoms with Crippen molar-refractivity contribution in [2.45, 2.75) is 0 Å². The summed E-state index contributed by atoms with van der Waals surface area (Å²) in [5.41, 5.74) is 3.52. The fourth-order valence-electron chi connectivity index (χ4n) is 3.75. The van der Waals surface area contributed by atoms with Crippen molar-refractivity contribution >= 4 is 33.8 Å². The van der Waals surface area contributed by atoms with Crippen LogP contribution in [0.3, 0.4) is 0 Å². The topological polar surface area (TPSA) is 94.1 Å². The van der Waals surface area contributed by atoms with Gasteiger partial charge in [-0.1, -0.05) is 71.8 Å². The van der Waals surface area contributed by atoms with Crippen LogP contribution in [0.1, 0.15) is 10.4 Å². The van der Waals surface area contributed by atoms with Crippen LogP contribution in [-0.4, -0.2) is 21.1 Å². The fourth-order valence-corrected chi connectivity index (χ4v) is 3.75. The minimum atomic E-state index is -0.370. The van der Waals surface area contributed by atoms with Crippen molar-refractivity contribution in [2.75, 3.05) is 5.32 Å². The number of para-hydroxylation sites is 2. The molecular formula is C26H16N4O3. The number of furan rings is 1. The highest BCUT2D eigenvalue weighted by atomic mass is 16.4. The first-order valence-corrected chi connectivity index (χ1v) is 10.3. The van der Waals surface area contributed by atoms with Crippen LogP contribution in [0.15, 0.2) is 99.8 Å². The molecule has 0 aliphatic rings. The van der Waals surface area contributed by atoms with Gasteiger partial charge in [0.15, 0.2) is 5.76 Å². The number of hydrogen-bond donors (Lipinski definition) is 1. The van der Waals surface area contributed by atoms with E-state index >= 15 is 0 Å². The second-order valence-electron chi connectivity index (χ2n) is 7.45. The van der Waals surface area contributed by atoms with Crippen molar-refractivity contribution < 1.29 is 13.6 Å². The first-order valence-electron chi connectivity index (χ1n) is 10.3. The number of nitrogens with one attached hydrogen (secondary N) is 1. The Morgan fingerprint density at radius 1 is 0.788 bits per heavy atom. The Morgan fingerprint density at radius 3 is 2.45 bits per heavy atom. The summed E-state index contributed by atoms with van der Waals surface area (Å²) in [6.07, 6.45) is 0. The van der Waals surface area contributed by atoms with E-state index < -0.39 is 0 Å². The number of carbonyl (C=O) groups excluding carboxylic acids is 1. The molecule has 7 nitrogen and oxygen atoms in total. The molecule has 1 N–H and O–H groups in total. The summed E-state index contributed by atoms with van der Waals surface area (Å²) in [4.78, 5) is 17.9. The number of carbonyl (C=O) groups is 1. The molecule has 0 radical (unpaired) electrons. The van der Waals surface area contributed by atoms with Gasteiger partial charge < -0.3 is 8.83 Å². The van der Waals surface area contributed by atoms with E-state index in [1.165, 1.54) is 0 Å². The van der Waals surface area contributed by atoms with Gasteiger partial charge in [-0.25, -0.2) is 4.98 Å². The second kappa shape index (κ2) is 7.72. The largest absolute Gasteiger partial charge is 0.451 e. The third kappa shape index (κ3) is 3.51. The number of aromatic nitrogens is 3. The van der Waals surface area contributed by atoms with Gasteiger partial charge in [-0.15, -0.1) is 5.10 Å². The average molecular weight is 432 g/mol. The maximum Gasteiger partial charge on any atom is 0.322 e.